The number of carbonyl (C=O) groups excluding carboxylic acids is 2. The van der Waals surface area contributed by atoms with Gasteiger partial charge in [-0.05, 0) is 29.8 Å². The van der Waals surface area contributed by atoms with Crippen LogP contribution in [0.25, 0.3) is 0 Å². The number of rotatable bonds is 5. The van der Waals surface area contributed by atoms with E-state index >= 15 is 0 Å². The van der Waals surface area contributed by atoms with E-state index in [-0.39, 0.29) is 24.3 Å². The minimum atomic E-state index is -0.382. The number of carbonyl (C=O) groups is 2. The molecule has 1 atom stereocenters. The Balaban J connectivity index is 2.05. The molecule has 0 heterocycles. The summed E-state index contributed by atoms with van der Waals surface area (Å²) >= 11 is 0. The zero-order valence-corrected chi connectivity index (χ0v) is 12.7. The summed E-state index contributed by atoms with van der Waals surface area (Å²) in [5.41, 5.74) is 2.02. The molecule has 2 aromatic rings. The summed E-state index contributed by atoms with van der Waals surface area (Å²) in [7, 11) is 0. The highest BCUT2D eigenvalue weighted by molar-refractivity contribution is 5.91. The standard InChI is InChI=1S/C18H17N3O2/c1-13(22)20-17(15-5-3-2-4-6-15)11-18(23)21-16-9-7-14(12-19)8-10-16/h2-10,17H,11H2,1H3,(H,20,22)(H,21,23)/t17-/m1/s1. The minimum Gasteiger partial charge on any atom is -0.349 e. The topological polar surface area (TPSA) is 82.0 Å². The molecule has 5 heteroatoms. The molecule has 0 fully saturated rings. The van der Waals surface area contributed by atoms with Crippen LogP contribution in [0.5, 0.6) is 0 Å². The van der Waals surface area contributed by atoms with Gasteiger partial charge in [-0.3, -0.25) is 9.59 Å². The van der Waals surface area contributed by atoms with Crippen LogP contribution in [0.1, 0.15) is 30.5 Å². The highest BCUT2D eigenvalue weighted by Crippen LogP contribution is 2.18. The summed E-state index contributed by atoms with van der Waals surface area (Å²) in [6.07, 6.45) is 0.129. The number of anilines is 1. The van der Waals surface area contributed by atoms with Crippen LogP contribution in [0.4, 0.5) is 5.69 Å². The van der Waals surface area contributed by atoms with Gasteiger partial charge in [0.2, 0.25) is 11.8 Å². The van der Waals surface area contributed by atoms with E-state index in [2.05, 4.69) is 10.6 Å². The highest BCUT2D eigenvalue weighted by atomic mass is 16.2. The second-order valence-corrected chi connectivity index (χ2v) is 5.11. The average molecular weight is 307 g/mol. The number of amides is 2. The van der Waals surface area contributed by atoms with Gasteiger partial charge in [-0.2, -0.15) is 5.26 Å². The van der Waals surface area contributed by atoms with Crippen molar-refractivity contribution in [3.63, 3.8) is 0 Å². The molecule has 0 saturated heterocycles. The molecule has 2 rings (SSSR count). The minimum absolute atomic E-state index is 0.129. The van der Waals surface area contributed by atoms with Crippen molar-refractivity contribution in [1.29, 1.82) is 5.26 Å². The number of hydrogen-bond donors (Lipinski definition) is 2. The van der Waals surface area contributed by atoms with Gasteiger partial charge in [0.05, 0.1) is 24.1 Å². The molecule has 0 radical (unpaired) electrons. The maximum Gasteiger partial charge on any atom is 0.226 e. The molecule has 0 spiro atoms. The van der Waals surface area contributed by atoms with Crippen molar-refractivity contribution in [1.82, 2.24) is 5.32 Å². The highest BCUT2D eigenvalue weighted by Gasteiger charge is 2.17. The first-order valence-corrected chi connectivity index (χ1v) is 7.20. The quantitative estimate of drug-likeness (QED) is 0.891. The maximum atomic E-state index is 12.2. The van der Waals surface area contributed by atoms with E-state index in [4.69, 9.17) is 5.26 Å². The molecule has 0 bridgehead atoms. The number of nitriles is 1. The zero-order valence-electron chi connectivity index (χ0n) is 12.7. The van der Waals surface area contributed by atoms with E-state index < -0.39 is 0 Å². The molecule has 0 aliphatic carbocycles. The SMILES string of the molecule is CC(=O)N[C@H](CC(=O)Nc1ccc(C#N)cc1)c1ccccc1. The van der Waals surface area contributed by atoms with Crippen molar-refractivity contribution >= 4 is 17.5 Å². The summed E-state index contributed by atoms with van der Waals surface area (Å²) in [5.74, 6) is -0.401. The Bertz CT molecular complexity index is 718. The third-order valence-electron chi connectivity index (χ3n) is 3.27. The second-order valence-electron chi connectivity index (χ2n) is 5.11. The van der Waals surface area contributed by atoms with Gasteiger partial charge in [-0.15, -0.1) is 0 Å². The fraction of sp³-hybridized carbons (Fsp3) is 0.167. The number of nitrogens with one attached hydrogen (secondary N) is 2. The molecule has 0 aromatic heterocycles. The average Bonchev–Trinajstić information content (AvgIpc) is 2.55. The molecular formula is C18H17N3O2. The molecule has 5 nitrogen and oxygen atoms in total. The predicted molar refractivity (Wildman–Crippen MR) is 87.4 cm³/mol. The largest absolute Gasteiger partial charge is 0.349 e. The van der Waals surface area contributed by atoms with Gasteiger partial charge >= 0.3 is 0 Å². The van der Waals surface area contributed by atoms with Crippen molar-refractivity contribution in [2.75, 3.05) is 5.32 Å². The normalized spacial score (nSPS) is 11.1. The lowest BCUT2D eigenvalue weighted by Gasteiger charge is -2.18. The van der Waals surface area contributed by atoms with Crippen molar-refractivity contribution in [2.24, 2.45) is 0 Å². The lowest BCUT2D eigenvalue weighted by atomic mass is 10.0. The van der Waals surface area contributed by atoms with Gasteiger partial charge in [0, 0.05) is 12.6 Å². The molecule has 116 valence electrons. The van der Waals surface area contributed by atoms with Gasteiger partial charge in [0.1, 0.15) is 0 Å². The fourth-order valence-corrected chi connectivity index (χ4v) is 2.21. The van der Waals surface area contributed by atoms with E-state index in [1.165, 1.54) is 6.92 Å². The lowest BCUT2D eigenvalue weighted by Crippen LogP contribution is -2.29. The summed E-state index contributed by atoms with van der Waals surface area (Å²) in [4.78, 5) is 23.6. The molecule has 0 unspecified atom stereocenters. The molecule has 23 heavy (non-hydrogen) atoms. The summed E-state index contributed by atoms with van der Waals surface area (Å²) in [6, 6.07) is 17.6. The number of nitrogens with zero attached hydrogens (tertiary/aromatic N) is 1. The van der Waals surface area contributed by atoms with E-state index in [0.29, 0.717) is 11.3 Å². The molecule has 0 saturated carbocycles. The lowest BCUT2D eigenvalue weighted by molar-refractivity contribution is -0.120. The van der Waals surface area contributed by atoms with Gasteiger partial charge in [-0.25, -0.2) is 0 Å². The molecular weight excluding hydrogens is 290 g/mol. The van der Waals surface area contributed by atoms with Crippen molar-refractivity contribution < 1.29 is 9.59 Å². The number of benzene rings is 2. The van der Waals surface area contributed by atoms with Crippen LogP contribution in [-0.4, -0.2) is 11.8 Å². The first-order valence-electron chi connectivity index (χ1n) is 7.20. The van der Waals surface area contributed by atoms with Gasteiger partial charge in [-0.1, -0.05) is 30.3 Å². The van der Waals surface area contributed by atoms with E-state index in [0.717, 1.165) is 5.56 Å². The van der Waals surface area contributed by atoms with Crippen LogP contribution in [0.3, 0.4) is 0 Å². The summed E-state index contributed by atoms with van der Waals surface area (Å²) < 4.78 is 0. The first-order chi connectivity index (χ1) is 11.1. The van der Waals surface area contributed by atoms with Crippen molar-refractivity contribution in [2.45, 2.75) is 19.4 Å². The Kier molecular flexibility index (Phi) is 5.48. The van der Waals surface area contributed by atoms with Crippen LogP contribution < -0.4 is 10.6 Å². The van der Waals surface area contributed by atoms with Crippen LogP contribution in [0.15, 0.2) is 54.6 Å². The van der Waals surface area contributed by atoms with Crippen LogP contribution in [0, 0.1) is 11.3 Å². The Morgan fingerprint density at radius 3 is 2.30 bits per heavy atom. The van der Waals surface area contributed by atoms with Gasteiger partial charge in [0.15, 0.2) is 0 Å². The third kappa shape index (κ3) is 4.97. The fourth-order valence-electron chi connectivity index (χ4n) is 2.21. The first kappa shape index (κ1) is 16.2. The van der Waals surface area contributed by atoms with E-state index in [9.17, 15) is 9.59 Å². The maximum absolute atomic E-state index is 12.2. The van der Waals surface area contributed by atoms with Crippen LogP contribution in [-0.2, 0) is 9.59 Å². The summed E-state index contributed by atoms with van der Waals surface area (Å²) in [5, 5.41) is 14.3. The van der Waals surface area contributed by atoms with Crippen molar-refractivity contribution in [3.05, 3.63) is 65.7 Å². The van der Waals surface area contributed by atoms with Gasteiger partial charge < -0.3 is 10.6 Å². The molecule has 2 N–H and O–H groups in total. The Morgan fingerprint density at radius 1 is 1.09 bits per heavy atom. The Labute approximate surface area is 134 Å². The zero-order chi connectivity index (χ0) is 16.7. The third-order valence-corrected chi connectivity index (χ3v) is 3.27. The second kappa shape index (κ2) is 7.76. The smallest absolute Gasteiger partial charge is 0.226 e. The summed E-state index contributed by atoms with van der Waals surface area (Å²) in [6.45, 7) is 1.43. The van der Waals surface area contributed by atoms with Crippen molar-refractivity contribution in [3.8, 4) is 6.07 Å². The molecule has 0 aliphatic heterocycles. The monoisotopic (exact) mass is 307 g/mol. The predicted octanol–water partition coefficient (Wildman–Crippen LogP) is 2.76. The molecule has 2 amide bonds. The Hall–Kier alpha value is -3.13. The van der Waals surface area contributed by atoms with E-state index in [1.807, 2.05) is 36.4 Å². The van der Waals surface area contributed by atoms with E-state index in [1.54, 1.807) is 24.3 Å². The van der Waals surface area contributed by atoms with Gasteiger partial charge in [0.25, 0.3) is 0 Å². The molecule has 0 aliphatic rings. The van der Waals surface area contributed by atoms with Crippen LogP contribution >= 0.6 is 0 Å². The molecule has 2 aromatic carbocycles. The van der Waals surface area contributed by atoms with Crippen LogP contribution in [0.2, 0.25) is 0 Å². The number of hydrogen-bond acceptors (Lipinski definition) is 3. The Morgan fingerprint density at radius 2 is 1.74 bits per heavy atom.